The van der Waals surface area contributed by atoms with Gasteiger partial charge in [-0.2, -0.15) is 0 Å². The van der Waals surface area contributed by atoms with Crippen LogP contribution < -0.4 is 0 Å². The van der Waals surface area contributed by atoms with E-state index in [4.69, 9.17) is 8.83 Å². The quantitative estimate of drug-likeness (QED) is 0.574. The topological polar surface area (TPSA) is 101 Å². The summed E-state index contributed by atoms with van der Waals surface area (Å²) < 4.78 is 10.0. The van der Waals surface area contributed by atoms with Gasteiger partial charge in [0.15, 0.2) is 12.8 Å². The molecule has 0 saturated heterocycles. The molecule has 3 heterocycles. The highest BCUT2D eigenvalue weighted by molar-refractivity contribution is 5.98. The van der Waals surface area contributed by atoms with Crippen molar-refractivity contribution in [1.82, 2.24) is 24.8 Å². The monoisotopic (exact) mass is 349 g/mol. The summed E-state index contributed by atoms with van der Waals surface area (Å²) in [6, 6.07) is 9.54. The number of rotatable bonds is 6. The van der Waals surface area contributed by atoms with E-state index in [1.807, 2.05) is 30.3 Å². The minimum atomic E-state index is -0.215. The van der Waals surface area contributed by atoms with Crippen LogP contribution in [0.25, 0.3) is 11.3 Å². The van der Waals surface area contributed by atoms with Crippen LogP contribution in [0.4, 0.5) is 0 Å². The molecule has 4 aromatic rings. The molecule has 3 aromatic heterocycles. The Morgan fingerprint density at radius 3 is 2.19 bits per heavy atom. The molecule has 0 aliphatic rings. The van der Waals surface area contributed by atoms with Crippen LogP contribution in [-0.2, 0) is 13.1 Å². The molecule has 130 valence electrons. The lowest BCUT2D eigenvalue weighted by Gasteiger charge is -2.20. The van der Waals surface area contributed by atoms with Crippen LogP contribution in [0.5, 0.6) is 0 Å². The maximum absolute atomic E-state index is 13.2. The molecule has 4 rings (SSSR count). The average Bonchev–Trinajstić information content (AvgIpc) is 3.43. The third-order valence-electron chi connectivity index (χ3n) is 3.86. The van der Waals surface area contributed by atoms with Crippen LogP contribution in [0.2, 0.25) is 0 Å². The molecule has 0 aliphatic carbocycles. The summed E-state index contributed by atoms with van der Waals surface area (Å²) in [5.74, 6) is -0.215. The van der Waals surface area contributed by atoms with Crippen molar-refractivity contribution in [1.29, 1.82) is 0 Å². The van der Waals surface area contributed by atoms with Gasteiger partial charge in [0, 0.05) is 5.56 Å². The summed E-state index contributed by atoms with van der Waals surface area (Å²) in [5, 5.41) is 0. The normalized spacial score (nSPS) is 10.8. The van der Waals surface area contributed by atoms with E-state index in [0.717, 1.165) is 5.56 Å². The zero-order valence-corrected chi connectivity index (χ0v) is 13.7. The number of hydrogen-bond donors (Lipinski definition) is 1. The minimum Gasteiger partial charge on any atom is -0.451 e. The zero-order chi connectivity index (χ0) is 17.8. The molecule has 1 amide bonds. The Morgan fingerprint density at radius 1 is 0.962 bits per heavy atom. The van der Waals surface area contributed by atoms with E-state index in [1.54, 1.807) is 4.90 Å². The van der Waals surface area contributed by atoms with E-state index in [-0.39, 0.29) is 19.0 Å². The number of aromatic amines is 1. The van der Waals surface area contributed by atoms with Crippen LogP contribution in [0.15, 0.2) is 70.8 Å². The van der Waals surface area contributed by atoms with Crippen molar-refractivity contribution in [3.8, 4) is 11.3 Å². The van der Waals surface area contributed by atoms with Crippen LogP contribution in [-0.4, -0.2) is 30.7 Å². The number of carbonyl (C=O) groups is 1. The van der Waals surface area contributed by atoms with Crippen LogP contribution in [0.3, 0.4) is 0 Å². The molecule has 1 N–H and O–H groups in total. The highest BCUT2D eigenvalue weighted by Gasteiger charge is 2.23. The van der Waals surface area contributed by atoms with Crippen molar-refractivity contribution in [3.63, 3.8) is 0 Å². The number of nitrogens with zero attached hydrogens (tertiary/aromatic N) is 4. The van der Waals surface area contributed by atoms with Gasteiger partial charge >= 0.3 is 0 Å². The second kappa shape index (κ2) is 7.06. The molecule has 0 bridgehead atoms. The molecule has 26 heavy (non-hydrogen) atoms. The number of oxazole rings is 2. The Labute approximate surface area is 148 Å². The number of carbonyl (C=O) groups excluding carboxylic acids is 1. The van der Waals surface area contributed by atoms with Crippen LogP contribution in [0, 0.1) is 0 Å². The van der Waals surface area contributed by atoms with Gasteiger partial charge in [0.2, 0.25) is 0 Å². The average molecular weight is 349 g/mol. The van der Waals surface area contributed by atoms with Crippen molar-refractivity contribution >= 4 is 5.91 Å². The zero-order valence-electron chi connectivity index (χ0n) is 13.7. The maximum atomic E-state index is 13.2. The molecule has 0 fully saturated rings. The second-order valence-corrected chi connectivity index (χ2v) is 5.61. The van der Waals surface area contributed by atoms with Gasteiger partial charge in [0.25, 0.3) is 5.91 Å². The van der Waals surface area contributed by atoms with E-state index < -0.39 is 0 Å². The summed E-state index contributed by atoms with van der Waals surface area (Å²) in [6.45, 7) is 0.547. The second-order valence-electron chi connectivity index (χ2n) is 5.61. The van der Waals surface area contributed by atoms with E-state index >= 15 is 0 Å². The first-order valence-electron chi connectivity index (χ1n) is 7.93. The summed E-state index contributed by atoms with van der Waals surface area (Å²) in [5.41, 5.74) is 3.15. The summed E-state index contributed by atoms with van der Waals surface area (Å²) in [4.78, 5) is 30.3. The molecular formula is C18H15N5O3. The standard InChI is InChI=1S/C18H15N5O3/c24-18(17-16(19-10-20-17)13-4-2-1-3-5-13)23(6-14-8-25-11-21-14)7-15-9-26-12-22-15/h1-5,8-12H,6-7H2,(H,19,20). The van der Waals surface area contributed by atoms with Crippen molar-refractivity contribution in [3.05, 3.63) is 79.1 Å². The van der Waals surface area contributed by atoms with Crippen LogP contribution in [0.1, 0.15) is 21.9 Å². The first-order chi connectivity index (χ1) is 12.8. The Morgan fingerprint density at radius 2 is 1.62 bits per heavy atom. The Bertz CT molecular complexity index is 925. The minimum absolute atomic E-state index is 0.215. The van der Waals surface area contributed by atoms with Gasteiger partial charge in [-0.05, 0) is 0 Å². The van der Waals surface area contributed by atoms with Crippen molar-refractivity contribution in [2.75, 3.05) is 0 Å². The van der Waals surface area contributed by atoms with E-state index in [2.05, 4.69) is 19.9 Å². The van der Waals surface area contributed by atoms with Gasteiger partial charge < -0.3 is 18.7 Å². The Hall–Kier alpha value is -3.68. The SMILES string of the molecule is O=C(c1[nH]cnc1-c1ccccc1)N(Cc1cocn1)Cc1cocn1. The third-order valence-corrected chi connectivity index (χ3v) is 3.86. The fourth-order valence-electron chi connectivity index (χ4n) is 2.65. The van der Waals surface area contributed by atoms with Gasteiger partial charge in [0.1, 0.15) is 23.9 Å². The Balaban J connectivity index is 1.65. The molecule has 0 saturated carbocycles. The first kappa shape index (κ1) is 15.8. The van der Waals surface area contributed by atoms with E-state index in [1.165, 1.54) is 31.6 Å². The first-order valence-corrected chi connectivity index (χ1v) is 7.93. The lowest BCUT2D eigenvalue weighted by atomic mass is 10.1. The van der Waals surface area contributed by atoms with Gasteiger partial charge in [-0.1, -0.05) is 30.3 Å². The number of imidazole rings is 1. The third kappa shape index (κ3) is 3.25. The largest absolute Gasteiger partial charge is 0.451 e. The van der Waals surface area contributed by atoms with Gasteiger partial charge in [-0.3, -0.25) is 4.79 Å². The Kier molecular flexibility index (Phi) is 4.29. The van der Waals surface area contributed by atoms with Crippen molar-refractivity contribution in [2.45, 2.75) is 13.1 Å². The lowest BCUT2D eigenvalue weighted by Crippen LogP contribution is -2.31. The molecule has 0 unspecified atom stereocenters. The summed E-state index contributed by atoms with van der Waals surface area (Å²) in [6.07, 6.45) is 7.20. The lowest BCUT2D eigenvalue weighted by molar-refractivity contribution is 0.0721. The van der Waals surface area contributed by atoms with E-state index in [9.17, 15) is 4.79 Å². The van der Waals surface area contributed by atoms with Crippen molar-refractivity contribution in [2.24, 2.45) is 0 Å². The number of nitrogens with one attached hydrogen (secondary N) is 1. The predicted octanol–water partition coefficient (Wildman–Crippen LogP) is 2.90. The number of amides is 1. The number of hydrogen-bond acceptors (Lipinski definition) is 6. The van der Waals surface area contributed by atoms with E-state index in [0.29, 0.717) is 22.8 Å². The summed E-state index contributed by atoms with van der Waals surface area (Å²) in [7, 11) is 0. The van der Waals surface area contributed by atoms with Gasteiger partial charge in [-0.15, -0.1) is 0 Å². The fraction of sp³-hybridized carbons (Fsp3) is 0.111. The molecular weight excluding hydrogens is 334 g/mol. The maximum Gasteiger partial charge on any atom is 0.273 e. The highest BCUT2D eigenvalue weighted by Crippen LogP contribution is 2.22. The number of aromatic nitrogens is 4. The van der Waals surface area contributed by atoms with Crippen LogP contribution >= 0.6 is 0 Å². The molecule has 0 atom stereocenters. The van der Waals surface area contributed by atoms with Gasteiger partial charge in [-0.25, -0.2) is 15.0 Å². The van der Waals surface area contributed by atoms with Crippen molar-refractivity contribution < 1.29 is 13.6 Å². The number of H-pyrrole nitrogens is 1. The molecule has 1 aromatic carbocycles. The summed E-state index contributed by atoms with van der Waals surface area (Å²) >= 11 is 0. The molecule has 0 spiro atoms. The smallest absolute Gasteiger partial charge is 0.273 e. The highest BCUT2D eigenvalue weighted by atomic mass is 16.3. The molecule has 0 radical (unpaired) electrons. The molecule has 8 heteroatoms. The predicted molar refractivity (Wildman–Crippen MR) is 90.6 cm³/mol. The fourth-order valence-corrected chi connectivity index (χ4v) is 2.65. The molecule has 8 nitrogen and oxygen atoms in total. The molecule has 0 aliphatic heterocycles. The van der Waals surface area contributed by atoms with Gasteiger partial charge in [0.05, 0.1) is 30.8 Å². The number of benzene rings is 1.